The molecule has 24 heavy (non-hydrogen) atoms. The molecule has 0 aromatic heterocycles. The SMILES string of the molecule is CCCCCCCCC(O)c1cccc(C(C(=O)O)N(C)C)c1.[NaH]. The Morgan fingerprint density at radius 1 is 1.08 bits per heavy atom. The number of aliphatic hydroxyl groups is 1. The first kappa shape index (κ1) is 23.6. The van der Waals surface area contributed by atoms with Crippen LogP contribution in [-0.2, 0) is 4.79 Å². The molecule has 4 nitrogen and oxygen atoms in total. The Morgan fingerprint density at radius 2 is 1.67 bits per heavy atom. The Kier molecular flexibility index (Phi) is 12.7. The van der Waals surface area contributed by atoms with Gasteiger partial charge in [0.25, 0.3) is 0 Å². The van der Waals surface area contributed by atoms with Crippen LogP contribution in [0.5, 0.6) is 0 Å². The third kappa shape index (κ3) is 8.13. The van der Waals surface area contributed by atoms with Crippen molar-refractivity contribution < 1.29 is 15.0 Å². The van der Waals surface area contributed by atoms with Gasteiger partial charge in [0, 0.05) is 0 Å². The molecular formula is C19H32NNaO3. The van der Waals surface area contributed by atoms with Gasteiger partial charge in [-0.2, -0.15) is 0 Å². The predicted octanol–water partition coefficient (Wildman–Crippen LogP) is 3.51. The monoisotopic (exact) mass is 345 g/mol. The van der Waals surface area contributed by atoms with E-state index in [1.807, 2.05) is 18.2 Å². The zero-order valence-electron chi connectivity index (χ0n) is 14.7. The Hall–Kier alpha value is -0.390. The van der Waals surface area contributed by atoms with E-state index in [0.29, 0.717) is 5.56 Å². The molecule has 0 amide bonds. The van der Waals surface area contributed by atoms with Crippen LogP contribution in [0.2, 0.25) is 0 Å². The van der Waals surface area contributed by atoms with Crippen LogP contribution in [0.15, 0.2) is 24.3 Å². The zero-order chi connectivity index (χ0) is 17.2. The number of benzene rings is 1. The Morgan fingerprint density at radius 3 is 2.25 bits per heavy atom. The summed E-state index contributed by atoms with van der Waals surface area (Å²) in [4.78, 5) is 13.1. The van der Waals surface area contributed by atoms with Crippen molar-refractivity contribution in [2.24, 2.45) is 0 Å². The van der Waals surface area contributed by atoms with E-state index in [1.54, 1.807) is 25.1 Å². The Bertz CT molecular complexity index is 479. The molecule has 1 rings (SSSR count). The fourth-order valence-corrected chi connectivity index (χ4v) is 2.88. The fraction of sp³-hybridized carbons (Fsp3) is 0.632. The number of rotatable bonds is 11. The number of aliphatic hydroxyl groups excluding tert-OH is 1. The van der Waals surface area contributed by atoms with Gasteiger partial charge in [-0.3, -0.25) is 9.69 Å². The van der Waals surface area contributed by atoms with Gasteiger partial charge >= 0.3 is 35.5 Å². The average molecular weight is 345 g/mol. The summed E-state index contributed by atoms with van der Waals surface area (Å²) < 4.78 is 0. The minimum atomic E-state index is -0.877. The molecule has 0 saturated carbocycles. The molecule has 132 valence electrons. The van der Waals surface area contributed by atoms with Crippen LogP contribution in [0.25, 0.3) is 0 Å². The van der Waals surface area contributed by atoms with Gasteiger partial charge in [-0.1, -0.05) is 69.7 Å². The molecular weight excluding hydrogens is 313 g/mol. The Balaban J connectivity index is 0.00000529. The molecule has 2 atom stereocenters. The van der Waals surface area contributed by atoms with E-state index < -0.39 is 18.1 Å². The van der Waals surface area contributed by atoms with Gasteiger partial charge < -0.3 is 10.2 Å². The summed E-state index contributed by atoms with van der Waals surface area (Å²) in [6, 6.07) is 6.64. The van der Waals surface area contributed by atoms with Gasteiger partial charge in [-0.15, -0.1) is 0 Å². The molecule has 0 bridgehead atoms. The number of carbonyl (C=O) groups is 1. The van der Waals surface area contributed by atoms with Crippen molar-refractivity contribution in [3.05, 3.63) is 35.4 Å². The van der Waals surface area contributed by atoms with E-state index in [-0.39, 0.29) is 29.6 Å². The average Bonchev–Trinajstić information content (AvgIpc) is 2.50. The number of likely N-dealkylation sites (N-methyl/N-ethyl adjacent to an activating group) is 1. The van der Waals surface area contributed by atoms with Gasteiger partial charge in [-0.25, -0.2) is 0 Å². The quantitative estimate of drug-likeness (QED) is 0.476. The number of aliphatic carboxylic acids is 1. The second kappa shape index (κ2) is 12.9. The molecule has 0 saturated heterocycles. The third-order valence-electron chi connectivity index (χ3n) is 4.19. The third-order valence-corrected chi connectivity index (χ3v) is 4.19. The van der Waals surface area contributed by atoms with Crippen molar-refractivity contribution in [2.45, 2.75) is 64.0 Å². The molecule has 0 aliphatic rings. The number of nitrogens with zero attached hydrogens (tertiary/aromatic N) is 1. The number of hydrogen-bond donors (Lipinski definition) is 2. The van der Waals surface area contributed by atoms with Gasteiger partial charge in [0.2, 0.25) is 0 Å². The summed E-state index contributed by atoms with van der Waals surface area (Å²) in [5.41, 5.74) is 1.52. The minimum absolute atomic E-state index is 0. The van der Waals surface area contributed by atoms with Gasteiger partial charge in [0.1, 0.15) is 6.04 Å². The molecule has 5 heteroatoms. The summed E-state index contributed by atoms with van der Waals surface area (Å²) in [6.45, 7) is 2.20. The molecule has 1 aromatic rings. The molecule has 0 aliphatic carbocycles. The fourth-order valence-electron chi connectivity index (χ4n) is 2.88. The molecule has 2 unspecified atom stereocenters. The normalized spacial score (nSPS) is 13.4. The van der Waals surface area contributed by atoms with E-state index in [0.717, 1.165) is 24.8 Å². The van der Waals surface area contributed by atoms with E-state index >= 15 is 0 Å². The summed E-state index contributed by atoms with van der Waals surface area (Å²) >= 11 is 0. The molecule has 0 fully saturated rings. The van der Waals surface area contributed by atoms with Crippen LogP contribution in [0.4, 0.5) is 0 Å². The maximum atomic E-state index is 11.4. The van der Waals surface area contributed by atoms with Crippen LogP contribution in [-0.4, -0.2) is 64.7 Å². The van der Waals surface area contributed by atoms with E-state index in [2.05, 4.69) is 6.92 Å². The number of unbranched alkanes of at least 4 members (excludes halogenated alkanes) is 5. The van der Waals surface area contributed by atoms with Crippen molar-refractivity contribution in [3.63, 3.8) is 0 Å². The van der Waals surface area contributed by atoms with Crippen molar-refractivity contribution in [2.75, 3.05) is 14.1 Å². The molecule has 1 aromatic carbocycles. The molecule has 0 aliphatic heterocycles. The van der Waals surface area contributed by atoms with Gasteiger partial charge in [0.05, 0.1) is 6.10 Å². The first-order chi connectivity index (χ1) is 11.0. The second-order valence-corrected chi connectivity index (χ2v) is 6.45. The Labute approximate surface area is 168 Å². The number of carboxylic acid groups (broad SMARTS) is 1. The van der Waals surface area contributed by atoms with E-state index in [1.165, 1.54) is 25.7 Å². The molecule has 0 heterocycles. The standard InChI is InChI=1S/C19H31NO3.Na.H/c1-4-5-6-7-8-9-13-17(21)15-11-10-12-16(14-15)18(19(22)23)20(2)3;;/h10-12,14,17-18,21H,4-9,13H2,1-3H3,(H,22,23);;. The zero-order valence-corrected chi connectivity index (χ0v) is 14.7. The summed E-state index contributed by atoms with van der Waals surface area (Å²) in [5.74, 6) is -0.877. The van der Waals surface area contributed by atoms with E-state index in [4.69, 9.17) is 0 Å². The summed E-state index contributed by atoms with van der Waals surface area (Å²) in [5, 5.41) is 19.7. The molecule has 2 N–H and O–H groups in total. The van der Waals surface area contributed by atoms with Crippen LogP contribution in [0.1, 0.15) is 75.1 Å². The maximum absolute atomic E-state index is 11.4. The van der Waals surface area contributed by atoms with Crippen molar-refractivity contribution in [1.82, 2.24) is 4.90 Å². The first-order valence-electron chi connectivity index (χ1n) is 8.64. The van der Waals surface area contributed by atoms with Crippen LogP contribution < -0.4 is 0 Å². The van der Waals surface area contributed by atoms with E-state index in [9.17, 15) is 15.0 Å². The van der Waals surface area contributed by atoms with Crippen LogP contribution in [0.3, 0.4) is 0 Å². The topological polar surface area (TPSA) is 60.8 Å². The van der Waals surface area contributed by atoms with Gasteiger partial charge in [0.15, 0.2) is 0 Å². The second-order valence-electron chi connectivity index (χ2n) is 6.45. The molecule has 0 radical (unpaired) electrons. The summed E-state index contributed by atoms with van der Waals surface area (Å²) in [7, 11) is 3.50. The molecule has 0 spiro atoms. The van der Waals surface area contributed by atoms with Crippen molar-refractivity contribution in [1.29, 1.82) is 0 Å². The number of carboxylic acids is 1. The van der Waals surface area contributed by atoms with Crippen molar-refractivity contribution in [3.8, 4) is 0 Å². The van der Waals surface area contributed by atoms with Gasteiger partial charge in [-0.05, 0) is 31.6 Å². The number of hydrogen-bond acceptors (Lipinski definition) is 3. The van der Waals surface area contributed by atoms with Crippen LogP contribution >= 0.6 is 0 Å². The predicted molar refractivity (Wildman–Crippen MR) is 101 cm³/mol. The summed E-state index contributed by atoms with van der Waals surface area (Å²) in [6.07, 6.45) is 7.38. The van der Waals surface area contributed by atoms with Crippen LogP contribution in [0, 0.1) is 0 Å². The van der Waals surface area contributed by atoms with Crippen molar-refractivity contribution >= 4 is 35.5 Å². The first-order valence-corrected chi connectivity index (χ1v) is 8.64.